The van der Waals surface area contributed by atoms with E-state index < -0.39 is 0 Å². The molecule has 0 atom stereocenters. The van der Waals surface area contributed by atoms with Crippen LogP contribution in [0.4, 0.5) is 11.4 Å². The van der Waals surface area contributed by atoms with Crippen LogP contribution < -0.4 is 5.73 Å². The summed E-state index contributed by atoms with van der Waals surface area (Å²) in [6.45, 7) is 4.04. The van der Waals surface area contributed by atoms with Crippen molar-refractivity contribution in [3.63, 3.8) is 0 Å². The molecule has 2 N–H and O–H groups in total. The van der Waals surface area contributed by atoms with Crippen LogP contribution >= 0.6 is 35.7 Å². The largest absolute Gasteiger partial charge is 0.396 e. The van der Waals surface area contributed by atoms with Gasteiger partial charge in [0, 0.05) is 33.3 Å². The lowest BCUT2D eigenvalue weighted by atomic mass is 10.0. The van der Waals surface area contributed by atoms with E-state index in [4.69, 9.17) is 18.2 Å². The van der Waals surface area contributed by atoms with E-state index in [1.54, 1.807) is 11.3 Å². The van der Waals surface area contributed by atoms with Crippen LogP contribution in [0.1, 0.15) is 19.4 Å². The Labute approximate surface area is 159 Å². The molecule has 0 saturated heterocycles. The Kier molecular flexibility index (Phi) is 5.09. The molecule has 122 valence electrons. The van der Waals surface area contributed by atoms with Gasteiger partial charge in [-0.25, -0.2) is 0 Å². The van der Waals surface area contributed by atoms with E-state index in [1.807, 2.05) is 43.5 Å². The molecular weight excluding hydrogens is 376 g/mol. The molecule has 0 aliphatic carbocycles. The Morgan fingerprint density at radius 2 is 2.04 bits per heavy atom. The van der Waals surface area contributed by atoms with Gasteiger partial charge in [0.2, 0.25) is 0 Å². The zero-order chi connectivity index (χ0) is 17.3. The van der Waals surface area contributed by atoms with E-state index in [9.17, 15) is 0 Å². The smallest absolute Gasteiger partial charge is 0.116 e. The molecule has 0 bridgehead atoms. The highest BCUT2D eigenvalue weighted by molar-refractivity contribution is 7.90. The summed E-state index contributed by atoms with van der Waals surface area (Å²) in [6.07, 6.45) is 3.88. The second-order valence-corrected chi connectivity index (χ2v) is 7.48. The standard InChI is InChI=1S/C16H14N4S4/c1-8(2)5-6-9(21)11-14(18-22)13(17)12(10-4-3-7-23-10)16-15(11)19-24-20-16/h3-7,21H,17H2,1-2H3/b9-6-. The lowest BCUT2D eigenvalue weighted by Crippen LogP contribution is -1.96. The van der Waals surface area contributed by atoms with Crippen LogP contribution in [0.3, 0.4) is 0 Å². The van der Waals surface area contributed by atoms with Crippen LogP contribution in [0, 0.1) is 0 Å². The minimum Gasteiger partial charge on any atom is -0.396 e. The number of thiophene rings is 1. The normalized spacial score (nSPS) is 11.7. The molecule has 2 heterocycles. The molecule has 0 saturated carbocycles. The van der Waals surface area contributed by atoms with Crippen molar-refractivity contribution in [1.29, 1.82) is 0 Å². The first-order valence-electron chi connectivity index (χ1n) is 7.04. The first-order chi connectivity index (χ1) is 11.5. The predicted molar refractivity (Wildman–Crippen MR) is 111 cm³/mol. The minimum atomic E-state index is 0.514. The highest BCUT2D eigenvalue weighted by Gasteiger charge is 2.23. The summed E-state index contributed by atoms with van der Waals surface area (Å²) in [5.41, 5.74) is 11.7. The Morgan fingerprint density at radius 3 is 2.67 bits per heavy atom. The van der Waals surface area contributed by atoms with Crippen molar-refractivity contribution in [3.05, 3.63) is 40.8 Å². The molecule has 24 heavy (non-hydrogen) atoms. The number of nitrogens with zero attached hydrogens (tertiary/aromatic N) is 3. The summed E-state index contributed by atoms with van der Waals surface area (Å²) in [7, 11) is 0. The number of nitrogens with two attached hydrogens (primary N) is 1. The third-order valence-electron chi connectivity index (χ3n) is 3.41. The average Bonchev–Trinajstić information content (AvgIpc) is 3.22. The summed E-state index contributed by atoms with van der Waals surface area (Å²) in [4.78, 5) is 1.73. The van der Waals surface area contributed by atoms with Crippen LogP contribution in [0.5, 0.6) is 0 Å². The molecule has 0 amide bonds. The van der Waals surface area contributed by atoms with Crippen LogP contribution in [0.15, 0.2) is 39.6 Å². The molecule has 0 spiro atoms. The fraction of sp³-hybridized carbons (Fsp3) is 0.125. The lowest BCUT2D eigenvalue weighted by molar-refractivity contribution is 1.39. The van der Waals surface area contributed by atoms with Crippen molar-refractivity contribution in [1.82, 2.24) is 8.75 Å². The topological polar surface area (TPSA) is 64.2 Å². The van der Waals surface area contributed by atoms with Gasteiger partial charge in [-0.3, -0.25) is 0 Å². The first-order valence-corrected chi connectivity index (χ1v) is 9.46. The molecule has 3 aromatic rings. The lowest BCUT2D eigenvalue weighted by Gasteiger charge is -2.12. The van der Waals surface area contributed by atoms with Gasteiger partial charge in [-0.15, -0.1) is 24.0 Å². The van der Waals surface area contributed by atoms with E-state index in [0.717, 1.165) is 44.3 Å². The number of hydrogen-bond donors (Lipinski definition) is 2. The van der Waals surface area contributed by atoms with Crippen LogP contribution in [0.25, 0.3) is 26.4 Å². The Morgan fingerprint density at radius 1 is 1.29 bits per heavy atom. The van der Waals surface area contributed by atoms with E-state index >= 15 is 0 Å². The third kappa shape index (κ3) is 3.02. The van der Waals surface area contributed by atoms with Gasteiger partial charge in [0.25, 0.3) is 0 Å². The molecular formula is C16H14N4S4. The van der Waals surface area contributed by atoms with Gasteiger partial charge in [0.15, 0.2) is 0 Å². The van der Waals surface area contributed by atoms with E-state index in [2.05, 4.69) is 25.7 Å². The van der Waals surface area contributed by atoms with Gasteiger partial charge in [0.05, 0.1) is 17.4 Å². The zero-order valence-corrected chi connectivity index (χ0v) is 16.3. The molecule has 0 unspecified atom stereocenters. The quantitative estimate of drug-likeness (QED) is 0.346. The number of anilines is 1. The molecule has 1 aromatic carbocycles. The van der Waals surface area contributed by atoms with Gasteiger partial charge in [-0.2, -0.15) is 13.1 Å². The summed E-state index contributed by atoms with van der Waals surface area (Å²) < 4.78 is 12.9. The van der Waals surface area contributed by atoms with Gasteiger partial charge in [-0.1, -0.05) is 17.7 Å². The van der Waals surface area contributed by atoms with Gasteiger partial charge < -0.3 is 5.73 Å². The van der Waals surface area contributed by atoms with Crippen molar-refractivity contribution >= 4 is 75.4 Å². The monoisotopic (exact) mass is 390 g/mol. The maximum absolute atomic E-state index is 6.41. The fourth-order valence-corrected chi connectivity index (χ4v) is 4.17. The predicted octanol–water partition coefficient (Wildman–Crippen LogP) is 5.60. The summed E-state index contributed by atoms with van der Waals surface area (Å²) in [6, 6.07) is 3.98. The number of hydrogen-bond acceptors (Lipinski definition) is 8. The number of rotatable bonds is 4. The van der Waals surface area contributed by atoms with Crippen molar-refractivity contribution in [2.45, 2.75) is 13.8 Å². The van der Waals surface area contributed by atoms with Crippen molar-refractivity contribution in [2.24, 2.45) is 4.36 Å². The van der Waals surface area contributed by atoms with Gasteiger partial charge in [-0.05, 0) is 31.4 Å². The second kappa shape index (κ2) is 7.10. The molecule has 3 rings (SSSR count). The summed E-state index contributed by atoms with van der Waals surface area (Å²) in [5.74, 6) is 0. The van der Waals surface area contributed by atoms with E-state index in [1.165, 1.54) is 0 Å². The summed E-state index contributed by atoms with van der Waals surface area (Å²) >= 11 is 12.4. The van der Waals surface area contributed by atoms with Crippen LogP contribution in [-0.4, -0.2) is 8.75 Å². The molecule has 8 heteroatoms. The maximum Gasteiger partial charge on any atom is 0.116 e. The highest BCUT2D eigenvalue weighted by atomic mass is 32.1. The molecule has 0 aliphatic rings. The molecule has 2 aromatic heterocycles. The van der Waals surface area contributed by atoms with Crippen LogP contribution in [0.2, 0.25) is 0 Å². The van der Waals surface area contributed by atoms with Crippen LogP contribution in [-0.2, 0) is 12.4 Å². The van der Waals surface area contributed by atoms with Gasteiger partial charge >= 0.3 is 0 Å². The number of benzene rings is 1. The highest BCUT2D eigenvalue weighted by Crippen LogP contribution is 2.47. The number of allylic oxidation sites excluding steroid dienone is 3. The van der Waals surface area contributed by atoms with E-state index in [0.29, 0.717) is 16.3 Å². The number of thiol groups is 1. The average molecular weight is 391 g/mol. The molecule has 0 radical (unpaired) electrons. The third-order valence-corrected chi connectivity index (χ3v) is 5.38. The van der Waals surface area contributed by atoms with Crippen molar-refractivity contribution in [2.75, 3.05) is 5.73 Å². The molecule has 4 nitrogen and oxygen atoms in total. The number of aromatic nitrogens is 2. The first kappa shape index (κ1) is 17.2. The zero-order valence-electron chi connectivity index (χ0n) is 13.0. The number of nitrogen functional groups attached to an aromatic ring is 1. The van der Waals surface area contributed by atoms with Gasteiger partial charge in [0.1, 0.15) is 16.7 Å². The van der Waals surface area contributed by atoms with E-state index in [-0.39, 0.29) is 0 Å². The summed E-state index contributed by atoms with van der Waals surface area (Å²) in [5, 5.41) is 2.00. The molecule has 0 aliphatic heterocycles. The fourth-order valence-electron chi connectivity index (χ4n) is 2.35. The van der Waals surface area contributed by atoms with Crippen molar-refractivity contribution < 1.29 is 0 Å². The maximum atomic E-state index is 6.41. The molecule has 0 fully saturated rings. The Bertz CT molecular complexity index is 964. The number of fused-ring (bicyclic) bond motifs is 1. The van der Waals surface area contributed by atoms with Crippen molar-refractivity contribution in [3.8, 4) is 10.4 Å². The Balaban J connectivity index is 2.39. The SMILES string of the molecule is CC(C)=C/C=C(\S)c1c(N=S)c(N)c(-c2cccs2)c2nsnc12. The minimum absolute atomic E-state index is 0.514. The second-order valence-electron chi connectivity index (χ2n) is 5.34. The Hall–Kier alpha value is -1.61.